The molecular formula is C25H36FN3O2. The summed E-state index contributed by atoms with van der Waals surface area (Å²) in [5.74, 6) is 0.300. The van der Waals surface area contributed by atoms with E-state index in [1.807, 2.05) is 25.1 Å². The van der Waals surface area contributed by atoms with Gasteiger partial charge in [0.15, 0.2) is 0 Å². The van der Waals surface area contributed by atoms with Crippen molar-refractivity contribution in [2.45, 2.75) is 39.2 Å². The molecule has 3 rings (SSSR count). The molecule has 0 bridgehead atoms. The van der Waals surface area contributed by atoms with Crippen molar-refractivity contribution in [1.29, 1.82) is 0 Å². The Morgan fingerprint density at radius 1 is 1.23 bits per heavy atom. The molecule has 1 amide bonds. The van der Waals surface area contributed by atoms with Gasteiger partial charge in [0, 0.05) is 38.9 Å². The van der Waals surface area contributed by atoms with Crippen LogP contribution in [0, 0.1) is 12.7 Å². The van der Waals surface area contributed by atoms with E-state index in [9.17, 15) is 9.18 Å². The van der Waals surface area contributed by atoms with Gasteiger partial charge in [-0.25, -0.2) is 4.39 Å². The first kappa shape index (κ1) is 23.1. The van der Waals surface area contributed by atoms with E-state index in [4.69, 9.17) is 4.74 Å². The summed E-state index contributed by atoms with van der Waals surface area (Å²) in [4.78, 5) is 18.8. The summed E-state index contributed by atoms with van der Waals surface area (Å²) in [7, 11) is 5.79. The molecule has 1 heterocycles. The minimum absolute atomic E-state index is 0. The van der Waals surface area contributed by atoms with E-state index in [0.717, 1.165) is 43.7 Å². The molecule has 1 aliphatic rings. The van der Waals surface area contributed by atoms with Crippen molar-refractivity contribution in [3.8, 4) is 5.75 Å². The molecule has 2 aromatic carbocycles. The van der Waals surface area contributed by atoms with Gasteiger partial charge in [0.1, 0.15) is 11.6 Å². The first-order valence-electron chi connectivity index (χ1n) is 11.0. The van der Waals surface area contributed by atoms with E-state index < -0.39 is 0 Å². The lowest BCUT2D eigenvalue weighted by atomic mass is 10.1. The number of unbranched alkanes of at least 4 members (excludes halogenated alkanes) is 1. The fourth-order valence-corrected chi connectivity index (χ4v) is 3.94. The van der Waals surface area contributed by atoms with E-state index in [1.165, 1.54) is 11.0 Å². The van der Waals surface area contributed by atoms with Gasteiger partial charge in [-0.2, -0.15) is 0 Å². The third-order valence-electron chi connectivity index (χ3n) is 6.05. The zero-order chi connectivity index (χ0) is 22.5. The van der Waals surface area contributed by atoms with Crippen molar-refractivity contribution in [2.24, 2.45) is 0 Å². The average Bonchev–Trinajstić information content (AvgIpc) is 3.23. The summed E-state index contributed by atoms with van der Waals surface area (Å²) < 4.78 is 20.7. The third kappa shape index (κ3) is 5.37. The van der Waals surface area contributed by atoms with Gasteiger partial charge in [0.2, 0.25) is 0 Å². The Balaban J connectivity index is 0.00000363. The predicted molar refractivity (Wildman–Crippen MR) is 127 cm³/mol. The number of carbonyl (C=O) groups excluding carboxylic acids is 1. The van der Waals surface area contributed by atoms with Crippen LogP contribution in [0.2, 0.25) is 0 Å². The molecule has 1 aliphatic heterocycles. The van der Waals surface area contributed by atoms with Crippen LogP contribution in [0.4, 0.5) is 15.8 Å². The molecule has 31 heavy (non-hydrogen) atoms. The number of likely N-dealkylation sites (N-methyl/N-ethyl adjacent to an activating group) is 1. The number of benzene rings is 2. The van der Waals surface area contributed by atoms with Crippen LogP contribution in [0.15, 0.2) is 36.4 Å². The third-order valence-corrected chi connectivity index (χ3v) is 6.05. The van der Waals surface area contributed by atoms with Gasteiger partial charge in [-0.1, -0.05) is 13.3 Å². The second-order valence-corrected chi connectivity index (χ2v) is 8.53. The average molecular weight is 430 g/mol. The SMILES string of the molecule is CCCCOc1ccc(C(=O)N(C)c2ccc(N3CCC(N(C)C)C3)c(F)c2)c(C)c1.[HH]. The zero-order valence-corrected chi connectivity index (χ0v) is 19.3. The van der Waals surface area contributed by atoms with E-state index >= 15 is 0 Å². The van der Waals surface area contributed by atoms with E-state index in [2.05, 4.69) is 30.8 Å². The second-order valence-electron chi connectivity index (χ2n) is 8.53. The second kappa shape index (κ2) is 10.1. The number of nitrogens with zero attached hydrogens (tertiary/aromatic N) is 3. The summed E-state index contributed by atoms with van der Waals surface area (Å²) in [6.45, 7) is 6.32. The molecule has 0 spiro atoms. The Labute approximate surface area is 186 Å². The number of halogens is 1. The number of carbonyl (C=O) groups is 1. The predicted octanol–water partition coefficient (Wildman–Crippen LogP) is 4.98. The maximum atomic E-state index is 14.9. The van der Waals surface area contributed by atoms with E-state index in [1.54, 1.807) is 19.2 Å². The van der Waals surface area contributed by atoms with Crippen molar-refractivity contribution in [3.63, 3.8) is 0 Å². The molecule has 1 unspecified atom stereocenters. The van der Waals surface area contributed by atoms with Crippen LogP contribution in [0.25, 0.3) is 0 Å². The number of aryl methyl sites for hydroxylation is 1. The maximum Gasteiger partial charge on any atom is 0.258 e. The standard InChI is InChI=1S/C25H34FN3O2.H2/c1-6-7-14-31-21-9-10-22(18(2)15-21)25(30)28(5)19-8-11-24(23(26)16-19)29-13-12-20(17-29)27(3)4;/h8-11,15-16,20H,6-7,12-14,17H2,1-5H3;1H. The van der Waals surface area contributed by atoms with E-state index in [-0.39, 0.29) is 13.2 Å². The molecular weight excluding hydrogens is 393 g/mol. The lowest BCUT2D eigenvalue weighted by molar-refractivity contribution is 0.0992. The molecule has 5 nitrogen and oxygen atoms in total. The first-order chi connectivity index (χ1) is 14.8. The fraction of sp³-hybridized carbons (Fsp3) is 0.480. The minimum atomic E-state index is -0.298. The molecule has 170 valence electrons. The molecule has 0 N–H and O–H groups in total. The van der Waals surface area contributed by atoms with Crippen molar-refractivity contribution in [1.82, 2.24) is 4.90 Å². The van der Waals surface area contributed by atoms with Gasteiger partial charge < -0.3 is 19.4 Å². The van der Waals surface area contributed by atoms with Crippen LogP contribution in [-0.4, -0.2) is 57.7 Å². The van der Waals surface area contributed by atoms with E-state index in [0.29, 0.717) is 29.6 Å². The van der Waals surface area contributed by atoms with Gasteiger partial charge in [-0.05, 0) is 75.8 Å². The summed E-state index contributed by atoms with van der Waals surface area (Å²) in [6.07, 6.45) is 3.09. The van der Waals surface area contributed by atoms with Gasteiger partial charge in [0.05, 0.1) is 12.3 Å². The molecule has 0 saturated carbocycles. The number of rotatable bonds is 8. The van der Waals surface area contributed by atoms with Crippen LogP contribution in [0.1, 0.15) is 43.5 Å². The Kier molecular flexibility index (Phi) is 7.55. The van der Waals surface area contributed by atoms with Crippen molar-refractivity contribution < 1.29 is 15.3 Å². The Morgan fingerprint density at radius 3 is 2.61 bits per heavy atom. The Hall–Kier alpha value is -2.60. The molecule has 6 heteroatoms. The highest BCUT2D eigenvalue weighted by Crippen LogP contribution is 2.29. The number of anilines is 2. The maximum absolute atomic E-state index is 14.9. The monoisotopic (exact) mass is 429 g/mol. The highest BCUT2D eigenvalue weighted by atomic mass is 19.1. The van der Waals surface area contributed by atoms with Crippen LogP contribution in [0.3, 0.4) is 0 Å². The van der Waals surface area contributed by atoms with Crippen LogP contribution in [-0.2, 0) is 0 Å². The lowest BCUT2D eigenvalue weighted by Crippen LogP contribution is -2.31. The van der Waals surface area contributed by atoms with Crippen molar-refractivity contribution >= 4 is 17.3 Å². The number of ether oxygens (including phenoxy) is 1. The summed E-state index contributed by atoms with van der Waals surface area (Å²) >= 11 is 0. The normalized spacial score (nSPS) is 16.1. The molecule has 0 radical (unpaired) electrons. The first-order valence-corrected chi connectivity index (χ1v) is 11.0. The van der Waals surface area contributed by atoms with Crippen LogP contribution in [0.5, 0.6) is 5.75 Å². The topological polar surface area (TPSA) is 36.0 Å². The lowest BCUT2D eigenvalue weighted by Gasteiger charge is -2.24. The van der Waals surface area contributed by atoms with Gasteiger partial charge in [-0.15, -0.1) is 0 Å². The molecule has 1 fully saturated rings. The largest absolute Gasteiger partial charge is 0.494 e. The molecule has 2 aromatic rings. The fourth-order valence-electron chi connectivity index (χ4n) is 3.94. The highest BCUT2D eigenvalue weighted by molar-refractivity contribution is 6.06. The van der Waals surface area contributed by atoms with Gasteiger partial charge in [-0.3, -0.25) is 4.79 Å². The minimum Gasteiger partial charge on any atom is -0.494 e. The Morgan fingerprint density at radius 2 is 2.00 bits per heavy atom. The van der Waals surface area contributed by atoms with Crippen LogP contribution < -0.4 is 14.5 Å². The Bertz CT molecular complexity index is 922. The quantitative estimate of drug-likeness (QED) is 0.555. The molecule has 1 saturated heterocycles. The molecule has 0 aliphatic carbocycles. The zero-order valence-electron chi connectivity index (χ0n) is 19.3. The van der Waals surface area contributed by atoms with Crippen molar-refractivity contribution in [2.75, 3.05) is 50.6 Å². The number of hydrogen-bond donors (Lipinski definition) is 0. The number of amides is 1. The smallest absolute Gasteiger partial charge is 0.258 e. The van der Waals surface area contributed by atoms with Gasteiger partial charge >= 0.3 is 0 Å². The molecule has 1 atom stereocenters. The van der Waals surface area contributed by atoms with Crippen LogP contribution >= 0.6 is 0 Å². The summed E-state index contributed by atoms with van der Waals surface area (Å²) in [6, 6.07) is 11.0. The number of hydrogen-bond acceptors (Lipinski definition) is 4. The summed E-state index contributed by atoms with van der Waals surface area (Å²) in [5.41, 5.74) is 2.56. The van der Waals surface area contributed by atoms with Gasteiger partial charge in [0.25, 0.3) is 5.91 Å². The molecule has 0 aromatic heterocycles. The summed E-state index contributed by atoms with van der Waals surface area (Å²) in [5, 5.41) is 0. The highest BCUT2D eigenvalue weighted by Gasteiger charge is 2.26. The van der Waals surface area contributed by atoms with Crippen molar-refractivity contribution in [3.05, 3.63) is 53.3 Å².